The molecule has 0 saturated carbocycles. The monoisotopic (exact) mass is 113 g/mol. The van der Waals surface area contributed by atoms with Gasteiger partial charge in [0.2, 0.25) is 0 Å². The Morgan fingerprint density at radius 1 is 1.88 bits per heavy atom. The largest absolute Gasteiger partial charge is 0.395 e. The van der Waals surface area contributed by atoms with Gasteiger partial charge in [-0.1, -0.05) is 12.2 Å². The molecule has 1 aliphatic rings. The summed E-state index contributed by atoms with van der Waals surface area (Å²) in [7, 11) is 0. The molecule has 2 heteroatoms. The van der Waals surface area contributed by atoms with Gasteiger partial charge in [-0.25, -0.2) is 0 Å². The van der Waals surface area contributed by atoms with Gasteiger partial charge in [-0.15, -0.1) is 0 Å². The summed E-state index contributed by atoms with van der Waals surface area (Å²) in [5.74, 6) is 0. The first-order valence-electron chi connectivity index (χ1n) is 2.84. The third kappa shape index (κ3) is 1.08. The molecule has 8 heavy (non-hydrogen) atoms. The van der Waals surface area contributed by atoms with Crippen LogP contribution in [-0.2, 0) is 0 Å². The van der Waals surface area contributed by atoms with Crippen LogP contribution in [0, 0.1) is 0 Å². The lowest BCUT2D eigenvalue weighted by Gasteiger charge is -2.01. The van der Waals surface area contributed by atoms with Crippen LogP contribution in [0.15, 0.2) is 12.2 Å². The van der Waals surface area contributed by atoms with Gasteiger partial charge >= 0.3 is 0 Å². The molecule has 1 rings (SSSR count). The molecule has 2 N–H and O–H groups in total. The Balaban J connectivity index is 2.32. The number of aliphatic hydroxyl groups excluding tert-OH is 1. The zero-order valence-corrected chi connectivity index (χ0v) is 4.85. The van der Waals surface area contributed by atoms with E-state index < -0.39 is 0 Å². The van der Waals surface area contributed by atoms with Gasteiger partial charge < -0.3 is 10.4 Å². The van der Waals surface area contributed by atoms with Crippen molar-refractivity contribution < 1.29 is 5.11 Å². The van der Waals surface area contributed by atoms with Crippen molar-refractivity contribution in [1.82, 2.24) is 5.32 Å². The lowest BCUT2D eigenvalue weighted by atomic mass is 10.2. The molecule has 1 saturated heterocycles. The van der Waals surface area contributed by atoms with Crippen LogP contribution in [0.3, 0.4) is 0 Å². The van der Waals surface area contributed by atoms with Crippen LogP contribution in [0.2, 0.25) is 0 Å². The Morgan fingerprint density at radius 2 is 2.62 bits per heavy atom. The van der Waals surface area contributed by atoms with E-state index in [1.165, 1.54) is 5.57 Å². The maximum absolute atomic E-state index is 8.58. The fourth-order valence-corrected chi connectivity index (χ4v) is 0.911. The van der Waals surface area contributed by atoms with Gasteiger partial charge in [0, 0.05) is 12.6 Å². The van der Waals surface area contributed by atoms with E-state index in [1.54, 1.807) is 0 Å². The van der Waals surface area contributed by atoms with Gasteiger partial charge in [-0.2, -0.15) is 0 Å². The normalized spacial score (nSPS) is 29.1. The van der Waals surface area contributed by atoms with E-state index in [9.17, 15) is 0 Å². The predicted molar refractivity (Wildman–Crippen MR) is 32.6 cm³/mol. The van der Waals surface area contributed by atoms with Crippen molar-refractivity contribution in [2.75, 3.05) is 13.2 Å². The number of hydrogen-bond acceptors (Lipinski definition) is 2. The second-order valence-corrected chi connectivity index (χ2v) is 2.21. The van der Waals surface area contributed by atoms with E-state index in [-0.39, 0.29) is 12.6 Å². The number of rotatable bonds is 1. The summed E-state index contributed by atoms with van der Waals surface area (Å²) in [6.07, 6.45) is 0.941. The molecular formula is C6H11NO. The van der Waals surface area contributed by atoms with Crippen LogP contribution in [-0.4, -0.2) is 24.3 Å². The first-order valence-corrected chi connectivity index (χ1v) is 2.84. The molecule has 1 heterocycles. The summed E-state index contributed by atoms with van der Waals surface area (Å²) in [4.78, 5) is 0. The van der Waals surface area contributed by atoms with Gasteiger partial charge in [0.15, 0.2) is 0 Å². The first kappa shape index (κ1) is 5.79. The molecule has 0 aromatic rings. The van der Waals surface area contributed by atoms with Crippen LogP contribution in [0.1, 0.15) is 6.42 Å². The van der Waals surface area contributed by atoms with Crippen LogP contribution in [0.4, 0.5) is 0 Å². The Kier molecular flexibility index (Phi) is 1.65. The molecule has 0 bridgehead atoms. The molecule has 46 valence electrons. The van der Waals surface area contributed by atoms with E-state index in [1.807, 2.05) is 0 Å². The zero-order valence-electron chi connectivity index (χ0n) is 4.85. The average molecular weight is 113 g/mol. The topological polar surface area (TPSA) is 32.3 Å². The van der Waals surface area contributed by atoms with Crippen molar-refractivity contribution in [2.45, 2.75) is 12.5 Å². The van der Waals surface area contributed by atoms with Crippen LogP contribution in [0.5, 0.6) is 0 Å². The third-order valence-corrected chi connectivity index (χ3v) is 1.40. The van der Waals surface area contributed by atoms with Gasteiger partial charge in [0.25, 0.3) is 0 Å². The summed E-state index contributed by atoms with van der Waals surface area (Å²) in [6, 6.07) is 0.280. The highest BCUT2D eigenvalue weighted by molar-refractivity contribution is 5.06. The van der Waals surface area contributed by atoms with Gasteiger partial charge in [0.05, 0.1) is 6.61 Å². The molecule has 1 aliphatic heterocycles. The quantitative estimate of drug-likeness (QED) is 0.465. The highest BCUT2D eigenvalue weighted by Gasteiger charge is 2.14. The summed E-state index contributed by atoms with van der Waals surface area (Å²) in [5.41, 5.74) is 1.20. The lowest BCUT2D eigenvalue weighted by Crippen LogP contribution is -2.24. The molecule has 1 fully saturated rings. The molecule has 1 unspecified atom stereocenters. The maximum atomic E-state index is 8.58. The summed E-state index contributed by atoms with van der Waals surface area (Å²) in [5, 5.41) is 11.7. The molecule has 1 atom stereocenters. The second-order valence-electron chi connectivity index (χ2n) is 2.21. The first-order chi connectivity index (χ1) is 3.83. The van der Waals surface area contributed by atoms with Gasteiger partial charge in [-0.05, 0) is 6.42 Å². The maximum Gasteiger partial charge on any atom is 0.0587 e. The second kappa shape index (κ2) is 2.29. The fraction of sp³-hybridized carbons (Fsp3) is 0.667. The number of aliphatic hydroxyl groups is 1. The molecule has 0 amide bonds. The van der Waals surface area contributed by atoms with E-state index >= 15 is 0 Å². The Morgan fingerprint density at radius 3 is 2.88 bits per heavy atom. The van der Waals surface area contributed by atoms with Crippen molar-refractivity contribution in [1.29, 1.82) is 0 Å². The standard InChI is InChI=1S/C6H11NO/c1-5-2-6(4-8)7-3-5/h6-8H,1-4H2. The minimum Gasteiger partial charge on any atom is -0.395 e. The third-order valence-electron chi connectivity index (χ3n) is 1.40. The summed E-state index contributed by atoms with van der Waals surface area (Å²) in [6.45, 7) is 4.89. The van der Waals surface area contributed by atoms with Crippen molar-refractivity contribution in [3.8, 4) is 0 Å². The summed E-state index contributed by atoms with van der Waals surface area (Å²) < 4.78 is 0. The van der Waals surface area contributed by atoms with Crippen molar-refractivity contribution >= 4 is 0 Å². The van der Waals surface area contributed by atoms with Gasteiger partial charge in [-0.3, -0.25) is 0 Å². The predicted octanol–water partition coefficient (Wildman–Crippen LogP) is -0.103. The minimum atomic E-state index is 0.235. The van der Waals surface area contributed by atoms with E-state index in [0.717, 1.165) is 13.0 Å². The van der Waals surface area contributed by atoms with Crippen molar-refractivity contribution in [3.05, 3.63) is 12.2 Å². The molecule has 0 radical (unpaired) electrons. The van der Waals surface area contributed by atoms with E-state index in [2.05, 4.69) is 11.9 Å². The molecule has 0 aromatic carbocycles. The van der Waals surface area contributed by atoms with Crippen molar-refractivity contribution in [2.24, 2.45) is 0 Å². The SMILES string of the molecule is C=C1CNC(CO)C1. The molecule has 0 aliphatic carbocycles. The van der Waals surface area contributed by atoms with E-state index in [0.29, 0.717) is 0 Å². The number of hydrogen-bond donors (Lipinski definition) is 2. The average Bonchev–Trinajstić information content (AvgIpc) is 2.14. The Hall–Kier alpha value is -0.340. The molecule has 0 spiro atoms. The molecular weight excluding hydrogens is 102 g/mol. The molecule has 0 aromatic heterocycles. The van der Waals surface area contributed by atoms with E-state index in [4.69, 9.17) is 5.11 Å². The minimum absolute atomic E-state index is 0.235. The van der Waals surface area contributed by atoms with Crippen LogP contribution >= 0.6 is 0 Å². The molecule has 2 nitrogen and oxygen atoms in total. The lowest BCUT2D eigenvalue weighted by molar-refractivity contribution is 0.256. The number of nitrogens with one attached hydrogen (secondary N) is 1. The smallest absolute Gasteiger partial charge is 0.0587 e. The highest BCUT2D eigenvalue weighted by Crippen LogP contribution is 2.08. The Bertz CT molecular complexity index is 101. The summed E-state index contributed by atoms with van der Waals surface area (Å²) >= 11 is 0. The highest BCUT2D eigenvalue weighted by atomic mass is 16.3. The van der Waals surface area contributed by atoms with Crippen LogP contribution < -0.4 is 5.32 Å². The van der Waals surface area contributed by atoms with Crippen LogP contribution in [0.25, 0.3) is 0 Å². The van der Waals surface area contributed by atoms with Crippen molar-refractivity contribution in [3.63, 3.8) is 0 Å². The van der Waals surface area contributed by atoms with Gasteiger partial charge in [0.1, 0.15) is 0 Å². The zero-order chi connectivity index (χ0) is 5.98. The Labute approximate surface area is 49.2 Å². The fourth-order valence-electron chi connectivity index (χ4n) is 0.911.